The van der Waals surface area contributed by atoms with Crippen molar-refractivity contribution in [3.05, 3.63) is 65.7 Å². The van der Waals surface area contributed by atoms with E-state index in [2.05, 4.69) is 5.32 Å². The number of hydrogen-bond donors (Lipinski definition) is 1. The maximum absolute atomic E-state index is 12.8. The van der Waals surface area contributed by atoms with E-state index in [1.807, 2.05) is 66.4 Å². The average molecular weight is 406 g/mol. The van der Waals surface area contributed by atoms with E-state index >= 15 is 0 Å². The number of piperidine rings is 1. The van der Waals surface area contributed by atoms with Gasteiger partial charge in [0.15, 0.2) is 11.5 Å². The zero-order chi connectivity index (χ0) is 21.0. The minimum absolute atomic E-state index is 0.0123. The Labute approximate surface area is 176 Å². The van der Waals surface area contributed by atoms with Crippen LogP contribution < -0.4 is 14.8 Å². The van der Waals surface area contributed by atoms with Gasteiger partial charge in [0, 0.05) is 31.1 Å². The molecule has 1 fully saturated rings. The molecule has 4 rings (SSSR count). The maximum atomic E-state index is 12.8. The molecule has 0 aliphatic carbocycles. The lowest BCUT2D eigenvalue weighted by molar-refractivity contribution is -0.137. The number of nitrogens with one attached hydrogen (secondary N) is 1. The number of nitrogens with zero attached hydrogens (tertiary/aromatic N) is 1. The van der Waals surface area contributed by atoms with Crippen molar-refractivity contribution in [3.63, 3.8) is 0 Å². The molecule has 0 spiro atoms. The average Bonchev–Trinajstić information content (AvgIpc) is 3.25. The van der Waals surface area contributed by atoms with Gasteiger partial charge in [-0.25, -0.2) is 0 Å². The molecule has 2 heterocycles. The standard InChI is InChI=1S/C24H26N2O4/c1-24(23(28)25-16-19-7-9-20-21(15-19)30-17-29-20)11-13-26(14-12-24)22(27)10-8-18-5-3-2-4-6-18/h2-10,15H,11-14,16-17H2,1H3,(H,25,28)/b10-8+. The fourth-order valence-electron chi connectivity index (χ4n) is 3.73. The van der Waals surface area contributed by atoms with Gasteiger partial charge >= 0.3 is 0 Å². The maximum Gasteiger partial charge on any atom is 0.246 e. The summed E-state index contributed by atoms with van der Waals surface area (Å²) in [5.74, 6) is 1.45. The van der Waals surface area contributed by atoms with Crippen LogP contribution in [0.15, 0.2) is 54.6 Å². The van der Waals surface area contributed by atoms with Crippen LogP contribution in [-0.4, -0.2) is 36.6 Å². The fraction of sp³-hybridized carbons (Fsp3) is 0.333. The van der Waals surface area contributed by atoms with Gasteiger partial charge in [0.1, 0.15) is 0 Å². The second kappa shape index (κ2) is 8.61. The molecule has 0 unspecified atom stereocenters. The summed E-state index contributed by atoms with van der Waals surface area (Å²) in [6.07, 6.45) is 4.72. The highest BCUT2D eigenvalue weighted by molar-refractivity contribution is 5.92. The van der Waals surface area contributed by atoms with E-state index in [-0.39, 0.29) is 18.6 Å². The van der Waals surface area contributed by atoms with E-state index in [9.17, 15) is 9.59 Å². The SMILES string of the molecule is CC1(C(=O)NCc2ccc3c(c2)OCO3)CCN(C(=O)/C=C/c2ccccc2)CC1. The Morgan fingerprint density at radius 2 is 1.80 bits per heavy atom. The summed E-state index contributed by atoms with van der Waals surface area (Å²) >= 11 is 0. The third-order valence-electron chi connectivity index (χ3n) is 5.83. The summed E-state index contributed by atoms with van der Waals surface area (Å²) in [4.78, 5) is 27.1. The lowest BCUT2D eigenvalue weighted by atomic mass is 9.79. The summed E-state index contributed by atoms with van der Waals surface area (Å²) in [6, 6.07) is 15.4. The molecule has 30 heavy (non-hydrogen) atoms. The third-order valence-corrected chi connectivity index (χ3v) is 5.83. The van der Waals surface area contributed by atoms with E-state index in [1.54, 1.807) is 6.08 Å². The number of fused-ring (bicyclic) bond motifs is 1. The van der Waals surface area contributed by atoms with E-state index < -0.39 is 5.41 Å². The van der Waals surface area contributed by atoms with Crippen molar-refractivity contribution < 1.29 is 19.1 Å². The van der Waals surface area contributed by atoms with Crippen LogP contribution in [0.5, 0.6) is 11.5 Å². The predicted molar refractivity (Wildman–Crippen MR) is 114 cm³/mol. The summed E-state index contributed by atoms with van der Waals surface area (Å²) in [7, 11) is 0. The second-order valence-corrected chi connectivity index (χ2v) is 8.00. The number of likely N-dealkylation sites (tertiary alicyclic amines) is 1. The first kappa shape index (κ1) is 20.0. The Bertz CT molecular complexity index is 947. The smallest absolute Gasteiger partial charge is 0.246 e. The zero-order valence-electron chi connectivity index (χ0n) is 17.1. The summed E-state index contributed by atoms with van der Waals surface area (Å²) in [6.45, 7) is 3.80. The van der Waals surface area contributed by atoms with Crippen LogP contribution in [0.25, 0.3) is 6.08 Å². The molecular weight excluding hydrogens is 380 g/mol. The molecule has 0 aromatic heterocycles. The Balaban J connectivity index is 1.28. The lowest BCUT2D eigenvalue weighted by Gasteiger charge is -2.37. The molecule has 2 amide bonds. The van der Waals surface area contributed by atoms with Gasteiger partial charge in [0.25, 0.3) is 0 Å². The van der Waals surface area contributed by atoms with Gasteiger partial charge in [-0.05, 0) is 42.2 Å². The molecule has 2 aliphatic rings. The zero-order valence-corrected chi connectivity index (χ0v) is 17.1. The highest BCUT2D eigenvalue weighted by Gasteiger charge is 2.37. The third kappa shape index (κ3) is 4.48. The van der Waals surface area contributed by atoms with Crippen LogP contribution in [0.4, 0.5) is 0 Å². The Hall–Kier alpha value is -3.28. The quantitative estimate of drug-likeness (QED) is 0.773. The molecule has 2 aromatic rings. The highest BCUT2D eigenvalue weighted by Crippen LogP contribution is 2.33. The van der Waals surface area contributed by atoms with Crippen LogP contribution in [0.2, 0.25) is 0 Å². The number of amides is 2. The molecule has 1 N–H and O–H groups in total. The van der Waals surface area contributed by atoms with Crippen LogP contribution in [-0.2, 0) is 16.1 Å². The van der Waals surface area contributed by atoms with Crippen molar-refractivity contribution in [3.8, 4) is 11.5 Å². The Morgan fingerprint density at radius 1 is 1.07 bits per heavy atom. The van der Waals surface area contributed by atoms with E-state index in [1.165, 1.54) is 0 Å². The van der Waals surface area contributed by atoms with Crippen LogP contribution in [0.1, 0.15) is 30.9 Å². The molecule has 2 aliphatic heterocycles. The number of carbonyl (C=O) groups is 2. The van der Waals surface area contributed by atoms with E-state index in [0.29, 0.717) is 38.2 Å². The van der Waals surface area contributed by atoms with Crippen molar-refractivity contribution in [1.29, 1.82) is 0 Å². The molecule has 2 aromatic carbocycles. The first-order valence-corrected chi connectivity index (χ1v) is 10.2. The number of benzene rings is 2. The van der Waals surface area contributed by atoms with Gasteiger partial charge in [-0.2, -0.15) is 0 Å². The lowest BCUT2D eigenvalue weighted by Crippen LogP contribution is -2.48. The minimum atomic E-state index is -0.476. The predicted octanol–water partition coefficient (Wildman–Crippen LogP) is 3.37. The van der Waals surface area contributed by atoms with Crippen molar-refractivity contribution in [2.45, 2.75) is 26.3 Å². The van der Waals surface area contributed by atoms with Crippen molar-refractivity contribution >= 4 is 17.9 Å². The second-order valence-electron chi connectivity index (χ2n) is 8.00. The monoisotopic (exact) mass is 406 g/mol. The number of rotatable bonds is 5. The molecule has 0 atom stereocenters. The molecular formula is C24H26N2O4. The first-order valence-electron chi connectivity index (χ1n) is 10.2. The summed E-state index contributed by atoms with van der Waals surface area (Å²) in [5.41, 5.74) is 1.49. The molecule has 156 valence electrons. The Kier molecular flexibility index (Phi) is 5.74. The first-order chi connectivity index (χ1) is 14.5. The van der Waals surface area contributed by atoms with E-state index in [4.69, 9.17) is 9.47 Å². The minimum Gasteiger partial charge on any atom is -0.454 e. The van der Waals surface area contributed by atoms with Gasteiger partial charge in [0.2, 0.25) is 18.6 Å². The van der Waals surface area contributed by atoms with Crippen molar-refractivity contribution in [1.82, 2.24) is 10.2 Å². The Morgan fingerprint density at radius 3 is 2.57 bits per heavy atom. The van der Waals surface area contributed by atoms with Crippen molar-refractivity contribution in [2.24, 2.45) is 5.41 Å². The normalized spacial score (nSPS) is 17.2. The number of carbonyl (C=O) groups excluding carboxylic acids is 2. The molecule has 0 radical (unpaired) electrons. The number of ether oxygens (including phenoxy) is 2. The van der Waals surface area contributed by atoms with Gasteiger partial charge in [-0.3, -0.25) is 9.59 Å². The summed E-state index contributed by atoms with van der Waals surface area (Å²) in [5, 5.41) is 3.04. The molecule has 1 saturated heterocycles. The van der Waals surface area contributed by atoms with Gasteiger partial charge in [-0.15, -0.1) is 0 Å². The van der Waals surface area contributed by atoms with Crippen LogP contribution in [0.3, 0.4) is 0 Å². The van der Waals surface area contributed by atoms with Crippen LogP contribution in [0, 0.1) is 5.41 Å². The van der Waals surface area contributed by atoms with Gasteiger partial charge < -0.3 is 19.7 Å². The fourth-order valence-corrected chi connectivity index (χ4v) is 3.73. The topological polar surface area (TPSA) is 67.9 Å². The summed E-state index contributed by atoms with van der Waals surface area (Å²) < 4.78 is 10.7. The van der Waals surface area contributed by atoms with Gasteiger partial charge in [0.05, 0.1) is 0 Å². The van der Waals surface area contributed by atoms with Gasteiger partial charge in [-0.1, -0.05) is 43.3 Å². The molecule has 0 saturated carbocycles. The molecule has 6 heteroatoms. The molecule has 6 nitrogen and oxygen atoms in total. The highest BCUT2D eigenvalue weighted by atomic mass is 16.7. The number of hydrogen-bond acceptors (Lipinski definition) is 4. The van der Waals surface area contributed by atoms with Crippen LogP contribution >= 0.6 is 0 Å². The van der Waals surface area contributed by atoms with Crippen molar-refractivity contribution in [2.75, 3.05) is 19.9 Å². The van der Waals surface area contributed by atoms with E-state index in [0.717, 1.165) is 16.9 Å². The molecule has 0 bridgehead atoms. The largest absolute Gasteiger partial charge is 0.454 e.